The van der Waals surface area contributed by atoms with Gasteiger partial charge in [-0.15, -0.1) is 0 Å². The lowest BCUT2D eigenvalue weighted by molar-refractivity contribution is 0.255. The molecule has 106 valence electrons. The van der Waals surface area contributed by atoms with E-state index in [1.54, 1.807) is 0 Å². The minimum absolute atomic E-state index is 0.315. The Labute approximate surface area is 114 Å². The van der Waals surface area contributed by atoms with E-state index < -0.39 is 0 Å². The lowest BCUT2D eigenvalue weighted by Gasteiger charge is -2.30. The highest BCUT2D eigenvalue weighted by atomic mass is 19.1. The number of nitrogens with zero attached hydrogens (tertiary/aromatic N) is 2. The van der Waals surface area contributed by atoms with Gasteiger partial charge < -0.3 is 11.1 Å². The fraction of sp³-hybridized carbons (Fsp3) is 0.714. The molecule has 5 heteroatoms. The molecular formula is C14H23FN4. The molecule has 0 bridgehead atoms. The van der Waals surface area contributed by atoms with E-state index in [9.17, 15) is 4.39 Å². The zero-order valence-electron chi connectivity index (χ0n) is 11.5. The summed E-state index contributed by atoms with van der Waals surface area (Å²) in [5, 5.41) is 3.14. The average Bonchev–Trinajstić information content (AvgIpc) is 2.46. The van der Waals surface area contributed by atoms with Gasteiger partial charge in [0, 0.05) is 6.54 Å². The first kappa shape index (κ1) is 14.2. The van der Waals surface area contributed by atoms with Crippen LogP contribution < -0.4 is 11.1 Å². The number of aromatic nitrogens is 2. The van der Waals surface area contributed by atoms with Crippen LogP contribution in [0.2, 0.25) is 0 Å². The predicted octanol–water partition coefficient (Wildman–Crippen LogP) is 2.36. The zero-order chi connectivity index (χ0) is 13.7. The molecule has 1 aliphatic rings. The van der Waals surface area contributed by atoms with Gasteiger partial charge in [-0.1, -0.05) is 19.8 Å². The molecule has 2 rings (SSSR count). The SMILES string of the molecule is CCc1ncnc(NCC2CCCCC2CN)c1F. The van der Waals surface area contributed by atoms with E-state index in [4.69, 9.17) is 5.73 Å². The number of nitrogens with two attached hydrogens (primary N) is 1. The Morgan fingerprint density at radius 1 is 1.32 bits per heavy atom. The molecule has 0 amide bonds. The molecule has 1 aliphatic carbocycles. The summed E-state index contributed by atoms with van der Waals surface area (Å²) < 4.78 is 14.0. The average molecular weight is 266 g/mol. The standard InChI is InChI=1S/C14H23FN4/c1-2-12-13(15)14(19-9-18-12)17-8-11-6-4-3-5-10(11)7-16/h9-11H,2-8,16H2,1H3,(H,17,18,19). The molecule has 3 N–H and O–H groups in total. The maximum Gasteiger partial charge on any atom is 0.186 e. The molecule has 0 aliphatic heterocycles. The van der Waals surface area contributed by atoms with Crippen molar-refractivity contribution < 1.29 is 4.39 Å². The Bertz CT molecular complexity index is 410. The normalized spacial score (nSPS) is 23.3. The third-order valence-corrected chi connectivity index (χ3v) is 4.10. The van der Waals surface area contributed by atoms with Gasteiger partial charge in [0.25, 0.3) is 0 Å². The van der Waals surface area contributed by atoms with E-state index in [2.05, 4.69) is 15.3 Å². The number of hydrogen-bond acceptors (Lipinski definition) is 4. The molecule has 1 aromatic rings. The third-order valence-electron chi connectivity index (χ3n) is 4.10. The van der Waals surface area contributed by atoms with Crippen molar-refractivity contribution in [1.29, 1.82) is 0 Å². The molecule has 4 nitrogen and oxygen atoms in total. The minimum Gasteiger partial charge on any atom is -0.367 e. The van der Waals surface area contributed by atoms with Gasteiger partial charge in [0.2, 0.25) is 0 Å². The van der Waals surface area contributed by atoms with Crippen LogP contribution in [-0.4, -0.2) is 23.1 Å². The van der Waals surface area contributed by atoms with E-state index in [0.29, 0.717) is 29.8 Å². The van der Waals surface area contributed by atoms with Crippen LogP contribution in [0.1, 0.15) is 38.3 Å². The fourth-order valence-electron chi connectivity index (χ4n) is 2.87. The number of hydrogen-bond donors (Lipinski definition) is 2. The van der Waals surface area contributed by atoms with Crippen molar-refractivity contribution in [2.75, 3.05) is 18.4 Å². The van der Waals surface area contributed by atoms with Crippen LogP contribution in [0, 0.1) is 17.7 Å². The summed E-state index contributed by atoms with van der Waals surface area (Å²) in [6.07, 6.45) is 6.87. The van der Waals surface area contributed by atoms with Crippen LogP contribution in [0.5, 0.6) is 0 Å². The molecule has 0 radical (unpaired) electrons. The van der Waals surface area contributed by atoms with Gasteiger partial charge in [0.05, 0.1) is 5.69 Å². The van der Waals surface area contributed by atoms with Crippen molar-refractivity contribution in [2.24, 2.45) is 17.6 Å². The van der Waals surface area contributed by atoms with Gasteiger partial charge in [-0.25, -0.2) is 14.4 Å². The molecule has 19 heavy (non-hydrogen) atoms. The second-order valence-electron chi connectivity index (χ2n) is 5.26. The van der Waals surface area contributed by atoms with E-state index in [1.165, 1.54) is 32.0 Å². The number of nitrogens with one attached hydrogen (secondary N) is 1. The van der Waals surface area contributed by atoms with Gasteiger partial charge >= 0.3 is 0 Å². The quantitative estimate of drug-likeness (QED) is 0.858. The smallest absolute Gasteiger partial charge is 0.186 e. The number of aryl methyl sites for hydroxylation is 1. The summed E-state index contributed by atoms with van der Waals surface area (Å²) in [5.74, 6) is 1.09. The zero-order valence-corrected chi connectivity index (χ0v) is 11.5. The van der Waals surface area contributed by atoms with Gasteiger partial charge in [-0.2, -0.15) is 0 Å². The van der Waals surface area contributed by atoms with Crippen molar-refractivity contribution in [2.45, 2.75) is 39.0 Å². The Kier molecular flexibility index (Phi) is 5.07. The lowest BCUT2D eigenvalue weighted by atomic mass is 9.79. The molecule has 1 heterocycles. The number of rotatable bonds is 5. The monoisotopic (exact) mass is 266 g/mol. The first-order valence-corrected chi connectivity index (χ1v) is 7.19. The van der Waals surface area contributed by atoms with Crippen molar-refractivity contribution in [1.82, 2.24) is 9.97 Å². The summed E-state index contributed by atoms with van der Waals surface area (Å²) in [6.45, 7) is 3.36. The molecule has 0 spiro atoms. The summed E-state index contributed by atoms with van der Waals surface area (Å²) in [5.41, 5.74) is 6.28. The highest BCUT2D eigenvalue weighted by molar-refractivity contribution is 5.37. The maximum absolute atomic E-state index is 14.0. The first-order valence-electron chi connectivity index (χ1n) is 7.19. The van der Waals surface area contributed by atoms with Crippen LogP contribution in [-0.2, 0) is 6.42 Å². The first-order chi connectivity index (χ1) is 9.26. The van der Waals surface area contributed by atoms with Gasteiger partial charge in [0.1, 0.15) is 6.33 Å². The summed E-state index contributed by atoms with van der Waals surface area (Å²) >= 11 is 0. The van der Waals surface area contributed by atoms with Gasteiger partial charge in [0.15, 0.2) is 11.6 Å². The minimum atomic E-state index is -0.315. The molecular weight excluding hydrogens is 243 g/mol. The van der Waals surface area contributed by atoms with Crippen molar-refractivity contribution in [3.05, 3.63) is 17.8 Å². The second-order valence-corrected chi connectivity index (χ2v) is 5.26. The third kappa shape index (κ3) is 3.41. The molecule has 0 aromatic carbocycles. The molecule has 1 saturated carbocycles. The second kappa shape index (κ2) is 6.80. The van der Waals surface area contributed by atoms with Crippen molar-refractivity contribution in [3.63, 3.8) is 0 Å². The molecule has 0 saturated heterocycles. The molecule has 1 fully saturated rings. The van der Waals surface area contributed by atoms with Crippen molar-refractivity contribution >= 4 is 5.82 Å². The Morgan fingerprint density at radius 3 is 2.74 bits per heavy atom. The fourth-order valence-corrected chi connectivity index (χ4v) is 2.87. The Morgan fingerprint density at radius 2 is 2.05 bits per heavy atom. The largest absolute Gasteiger partial charge is 0.367 e. The van der Waals surface area contributed by atoms with Crippen LogP contribution in [0.4, 0.5) is 10.2 Å². The van der Waals surface area contributed by atoms with Crippen LogP contribution in [0.25, 0.3) is 0 Å². The summed E-state index contributed by atoms with van der Waals surface area (Å²) in [7, 11) is 0. The van der Waals surface area contributed by atoms with Crippen LogP contribution in [0.15, 0.2) is 6.33 Å². The van der Waals surface area contributed by atoms with E-state index >= 15 is 0 Å². The maximum atomic E-state index is 14.0. The van der Waals surface area contributed by atoms with E-state index in [0.717, 1.165) is 13.1 Å². The number of anilines is 1. The van der Waals surface area contributed by atoms with Crippen molar-refractivity contribution in [3.8, 4) is 0 Å². The lowest BCUT2D eigenvalue weighted by Crippen LogP contribution is -2.31. The highest BCUT2D eigenvalue weighted by Crippen LogP contribution is 2.29. The number of halogens is 1. The molecule has 2 unspecified atom stereocenters. The Balaban J connectivity index is 1.98. The Hall–Kier alpha value is -1.23. The van der Waals surface area contributed by atoms with E-state index in [-0.39, 0.29) is 5.82 Å². The van der Waals surface area contributed by atoms with Gasteiger partial charge in [-0.3, -0.25) is 0 Å². The topological polar surface area (TPSA) is 63.8 Å². The van der Waals surface area contributed by atoms with E-state index in [1.807, 2.05) is 6.92 Å². The summed E-state index contributed by atoms with van der Waals surface area (Å²) in [4.78, 5) is 7.93. The van der Waals surface area contributed by atoms with Crippen LogP contribution >= 0.6 is 0 Å². The van der Waals surface area contributed by atoms with Crippen LogP contribution in [0.3, 0.4) is 0 Å². The summed E-state index contributed by atoms with van der Waals surface area (Å²) in [6, 6.07) is 0. The predicted molar refractivity (Wildman–Crippen MR) is 74.4 cm³/mol. The molecule has 2 atom stereocenters. The highest BCUT2D eigenvalue weighted by Gasteiger charge is 2.24. The molecule has 1 aromatic heterocycles. The van der Waals surface area contributed by atoms with Gasteiger partial charge in [-0.05, 0) is 37.6 Å².